The van der Waals surface area contributed by atoms with Crippen LogP contribution in [0.1, 0.15) is 17.1 Å². The number of aromatic nitrogens is 4. The lowest BCUT2D eigenvalue weighted by Crippen LogP contribution is -2.42. The van der Waals surface area contributed by atoms with Gasteiger partial charge in [-0.3, -0.25) is 0 Å². The summed E-state index contributed by atoms with van der Waals surface area (Å²) in [7, 11) is 1.93. The van der Waals surface area contributed by atoms with Gasteiger partial charge in [0.05, 0.1) is 18.3 Å². The SMILES string of the molecule is Cc1ncc(C[n+]2ccc(CC[O-])n2C)c(N)n1. The zero-order valence-electron chi connectivity index (χ0n) is 10.6. The highest BCUT2D eigenvalue weighted by Crippen LogP contribution is 2.06. The summed E-state index contributed by atoms with van der Waals surface area (Å²) in [5, 5.41) is 10.6. The highest BCUT2D eigenvalue weighted by molar-refractivity contribution is 5.36. The molecule has 0 saturated heterocycles. The van der Waals surface area contributed by atoms with Gasteiger partial charge in [0.15, 0.2) is 6.20 Å². The third-order valence-electron chi connectivity index (χ3n) is 2.95. The van der Waals surface area contributed by atoms with Gasteiger partial charge < -0.3 is 10.8 Å². The average Bonchev–Trinajstić information content (AvgIpc) is 2.66. The molecule has 0 bridgehead atoms. The first-order chi connectivity index (χ1) is 8.61. The summed E-state index contributed by atoms with van der Waals surface area (Å²) in [6.45, 7) is 2.30. The lowest BCUT2D eigenvalue weighted by molar-refractivity contribution is -0.766. The van der Waals surface area contributed by atoms with Gasteiger partial charge in [-0.1, -0.05) is 0 Å². The number of hydrogen-bond acceptors (Lipinski definition) is 4. The minimum Gasteiger partial charge on any atom is -0.854 e. The van der Waals surface area contributed by atoms with Crippen molar-refractivity contribution in [3.8, 4) is 0 Å². The van der Waals surface area contributed by atoms with Gasteiger partial charge in [0, 0.05) is 12.3 Å². The predicted octanol–water partition coefficient (Wildman–Crippen LogP) is -1.06. The largest absolute Gasteiger partial charge is 0.854 e. The van der Waals surface area contributed by atoms with E-state index in [0.29, 0.717) is 24.6 Å². The standard InChI is InChI=1S/C12H17N5O/c1-9-14-7-10(12(13)15-9)8-17-5-3-11(4-6-18)16(17)2/h3,5,7H,4,6,8H2,1-2H3,(H2,13,14,15). The molecule has 18 heavy (non-hydrogen) atoms. The van der Waals surface area contributed by atoms with Crippen LogP contribution in [0.5, 0.6) is 0 Å². The Bertz CT molecular complexity index is 549. The van der Waals surface area contributed by atoms with Crippen molar-refractivity contribution in [2.45, 2.75) is 19.9 Å². The molecule has 2 aromatic rings. The third kappa shape index (κ3) is 2.48. The van der Waals surface area contributed by atoms with Gasteiger partial charge in [0.1, 0.15) is 11.6 Å². The van der Waals surface area contributed by atoms with Crippen LogP contribution in [0.4, 0.5) is 5.82 Å². The van der Waals surface area contributed by atoms with Crippen LogP contribution in [0.15, 0.2) is 18.5 Å². The zero-order valence-corrected chi connectivity index (χ0v) is 10.6. The molecule has 0 aliphatic rings. The van der Waals surface area contributed by atoms with Gasteiger partial charge in [0.2, 0.25) is 6.54 Å². The van der Waals surface area contributed by atoms with E-state index >= 15 is 0 Å². The van der Waals surface area contributed by atoms with Crippen LogP contribution in [0.2, 0.25) is 0 Å². The van der Waals surface area contributed by atoms with Gasteiger partial charge in [-0.2, -0.15) is 4.68 Å². The molecule has 0 aliphatic carbocycles. The molecule has 0 saturated carbocycles. The first kappa shape index (κ1) is 12.5. The normalized spacial score (nSPS) is 10.8. The molecule has 2 rings (SSSR count). The van der Waals surface area contributed by atoms with Crippen LogP contribution in [0, 0.1) is 6.92 Å². The number of anilines is 1. The zero-order chi connectivity index (χ0) is 13.1. The highest BCUT2D eigenvalue weighted by Gasteiger charge is 2.13. The van der Waals surface area contributed by atoms with E-state index in [4.69, 9.17) is 5.73 Å². The molecule has 0 unspecified atom stereocenters. The second-order valence-corrected chi connectivity index (χ2v) is 4.21. The molecule has 96 valence electrons. The van der Waals surface area contributed by atoms with E-state index in [2.05, 4.69) is 9.97 Å². The predicted molar refractivity (Wildman–Crippen MR) is 64.5 cm³/mol. The van der Waals surface area contributed by atoms with Crippen molar-refractivity contribution in [2.24, 2.45) is 7.05 Å². The van der Waals surface area contributed by atoms with Gasteiger partial charge >= 0.3 is 0 Å². The van der Waals surface area contributed by atoms with Crippen LogP contribution in [-0.2, 0) is 20.0 Å². The summed E-state index contributed by atoms with van der Waals surface area (Å²) in [5.74, 6) is 1.17. The monoisotopic (exact) mass is 247 g/mol. The Kier molecular flexibility index (Phi) is 3.57. The Labute approximate surface area is 106 Å². The van der Waals surface area contributed by atoms with Crippen LogP contribution in [0.25, 0.3) is 0 Å². The fourth-order valence-electron chi connectivity index (χ4n) is 1.86. The number of aryl methyl sites for hydroxylation is 1. The first-order valence-corrected chi connectivity index (χ1v) is 5.82. The fourth-order valence-corrected chi connectivity index (χ4v) is 1.86. The molecule has 0 radical (unpaired) electrons. The second-order valence-electron chi connectivity index (χ2n) is 4.21. The molecular weight excluding hydrogens is 230 g/mol. The Balaban J connectivity index is 2.23. The summed E-state index contributed by atoms with van der Waals surface area (Å²) in [4.78, 5) is 8.28. The van der Waals surface area contributed by atoms with Gasteiger partial charge in [-0.05, 0) is 13.3 Å². The van der Waals surface area contributed by atoms with Crippen molar-refractivity contribution in [1.82, 2.24) is 14.6 Å². The molecule has 0 spiro atoms. The van der Waals surface area contributed by atoms with E-state index < -0.39 is 0 Å². The molecule has 0 aromatic carbocycles. The van der Waals surface area contributed by atoms with Crippen molar-refractivity contribution in [1.29, 1.82) is 0 Å². The number of nitrogen functional groups attached to an aromatic ring is 1. The van der Waals surface area contributed by atoms with Crippen molar-refractivity contribution in [2.75, 3.05) is 12.3 Å². The van der Waals surface area contributed by atoms with Crippen LogP contribution in [-0.4, -0.2) is 21.3 Å². The lowest BCUT2D eigenvalue weighted by atomic mass is 10.3. The summed E-state index contributed by atoms with van der Waals surface area (Å²) in [6.07, 6.45) is 4.21. The summed E-state index contributed by atoms with van der Waals surface area (Å²) in [5.41, 5.74) is 7.75. The van der Waals surface area contributed by atoms with E-state index in [-0.39, 0.29) is 6.61 Å². The van der Waals surface area contributed by atoms with E-state index in [1.165, 1.54) is 0 Å². The third-order valence-corrected chi connectivity index (χ3v) is 2.95. The summed E-state index contributed by atoms with van der Waals surface area (Å²) < 4.78 is 3.94. The molecule has 2 aromatic heterocycles. The van der Waals surface area contributed by atoms with Crippen LogP contribution < -0.4 is 15.5 Å². The Morgan fingerprint density at radius 1 is 1.50 bits per heavy atom. The number of nitrogens with two attached hydrogens (primary N) is 1. The molecule has 0 amide bonds. The number of rotatable bonds is 4. The number of nitrogens with zero attached hydrogens (tertiary/aromatic N) is 4. The van der Waals surface area contributed by atoms with Gasteiger partial charge in [-0.25, -0.2) is 9.97 Å². The van der Waals surface area contributed by atoms with Crippen LogP contribution >= 0.6 is 0 Å². The molecule has 6 nitrogen and oxygen atoms in total. The molecule has 0 fully saturated rings. The van der Waals surface area contributed by atoms with E-state index in [1.807, 2.05) is 35.6 Å². The molecule has 6 heteroatoms. The maximum absolute atomic E-state index is 10.6. The van der Waals surface area contributed by atoms with Crippen molar-refractivity contribution >= 4 is 5.82 Å². The Morgan fingerprint density at radius 3 is 2.94 bits per heavy atom. The minimum atomic E-state index is -0.104. The Morgan fingerprint density at radius 2 is 2.28 bits per heavy atom. The quantitative estimate of drug-likeness (QED) is 0.698. The summed E-state index contributed by atoms with van der Waals surface area (Å²) in [6, 6.07) is 1.95. The van der Waals surface area contributed by atoms with E-state index in [9.17, 15) is 5.11 Å². The smallest absolute Gasteiger partial charge is 0.202 e. The van der Waals surface area contributed by atoms with E-state index in [1.54, 1.807) is 6.20 Å². The van der Waals surface area contributed by atoms with Crippen LogP contribution in [0.3, 0.4) is 0 Å². The molecular formula is C12H17N5O. The molecule has 2 heterocycles. The fraction of sp³-hybridized carbons (Fsp3) is 0.417. The second kappa shape index (κ2) is 5.14. The van der Waals surface area contributed by atoms with Gasteiger partial charge in [0.25, 0.3) is 0 Å². The van der Waals surface area contributed by atoms with Crippen molar-refractivity contribution in [3.63, 3.8) is 0 Å². The van der Waals surface area contributed by atoms with Gasteiger partial charge in [-0.15, -0.1) is 11.3 Å². The maximum Gasteiger partial charge on any atom is 0.202 e. The highest BCUT2D eigenvalue weighted by atomic mass is 16.3. The minimum absolute atomic E-state index is 0.104. The summed E-state index contributed by atoms with van der Waals surface area (Å²) >= 11 is 0. The lowest BCUT2D eigenvalue weighted by Gasteiger charge is -2.05. The first-order valence-electron chi connectivity index (χ1n) is 5.82. The van der Waals surface area contributed by atoms with E-state index in [0.717, 1.165) is 11.3 Å². The molecule has 0 atom stereocenters. The number of hydrogen-bond donors (Lipinski definition) is 1. The maximum atomic E-state index is 10.6. The van der Waals surface area contributed by atoms with Crippen molar-refractivity contribution < 1.29 is 9.79 Å². The topological polar surface area (TPSA) is 83.7 Å². The Hall–Kier alpha value is -1.95. The molecule has 2 N–H and O–H groups in total. The van der Waals surface area contributed by atoms with Crippen molar-refractivity contribution in [3.05, 3.63) is 35.5 Å². The average molecular weight is 247 g/mol. The molecule has 0 aliphatic heterocycles.